The molecule has 0 aliphatic carbocycles. The van der Waals surface area contributed by atoms with Crippen LogP contribution in [0.3, 0.4) is 0 Å². The van der Waals surface area contributed by atoms with Crippen molar-refractivity contribution in [1.29, 1.82) is 0 Å². The minimum atomic E-state index is -0.534. The molecule has 3 heterocycles. The first kappa shape index (κ1) is 24.7. The molecule has 3 N–H and O–H groups in total. The molecule has 1 amide bonds. The highest BCUT2D eigenvalue weighted by Gasteiger charge is 2.22. The predicted molar refractivity (Wildman–Crippen MR) is 141 cm³/mol. The molecule has 0 saturated carbocycles. The smallest absolute Gasteiger partial charge is 0.260 e. The number of rotatable bonds is 7. The van der Waals surface area contributed by atoms with Gasteiger partial charge in [-0.05, 0) is 49.9 Å². The van der Waals surface area contributed by atoms with Crippen LogP contribution in [0.2, 0.25) is 0 Å². The largest absolute Gasteiger partial charge is 0.435 e. The number of nitrogens with zero attached hydrogens (tertiary/aromatic N) is 4. The molecule has 0 unspecified atom stereocenters. The lowest BCUT2D eigenvalue weighted by atomic mass is 10.1. The van der Waals surface area contributed by atoms with Gasteiger partial charge in [0.25, 0.3) is 5.91 Å². The van der Waals surface area contributed by atoms with E-state index in [9.17, 15) is 4.79 Å². The van der Waals surface area contributed by atoms with Crippen LogP contribution >= 0.6 is 0 Å². The van der Waals surface area contributed by atoms with Crippen LogP contribution in [0.25, 0.3) is 10.9 Å². The SMILES string of the molecule is CNC(=O)c1c(Nc2ccc(CN3CCN(C)CC3)cc2)ncnc1Oc1ccc2[nH]c(C)cc2c1F. The van der Waals surface area contributed by atoms with Crippen LogP contribution < -0.4 is 15.4 Å². The number of hydrogen-bond donors (Lipinski definition) is 3. The van der Waals surface area contributed by atoms with Gasteiger partial charge < -0.3 is 25.3 Å². The highest BCUT2D eigenvalue weighted by atomic mass is 19.1. The van der Waals surface area contributed by atoms with E-state index in [1.54, 1.807) is 12.1 Å². The highest BCUT2D eigenvalue weighted by Crippen LogP contribution is 2.33. The number of aryl methyl sites for hydroxylation is 1. The summed E-state index contributed by atoms with van der Waals surface area (Å²) in [6.07, 6.45) is 1.28. The summed E-state index contributed by atoms with van der Waals surface area (Å²) in [6, 6.07) is 13.0. The Labute approximate surface area is 214 Å². The minimum Gasteiger partial charge on any atom is -0.435 e. The molecule has 1 saturated heterocycles. The fourth-order valence-corrected chi connectivity index (χ4v) is 4.44. The molecule has 1 fully saturated rings. The van der Waals surface area contributed by atoms with Crippen molar-refractivity contribution in [3.8, 4) is 11.6 Å². The molecule has 5 rings (SSSR count). The first-order valence-corrected chi connectivity index (χ1v) is 12.2. The quantitative estimate of drug-likeness (QED) is 0.350. The van der Waals surface area contributed by atoms with Crippen LogP contribution in [0.5, 0.6) is 11.6 Å². The van der Waals surface area contributed by atoms with Gasteiger partial charge in [-0.2, -0.15) is 0 Å². The third kappa shape index (κ3) is 5.40. The molecule has 0 atom stereocenters. The molecule has 4 aromatic rings. The number of nitrogens with one attached hydrogen (secondary N) is 3. The molecule has 1 aliphatic heterocycles. The number of carbonyl (C=O) groups excluding carboxylic acids is 1. The fraction of sp³-hybridized carbons (Fsp3) is 0.296. The maximum atomic E-state index is 15.1. The van der Waals surface area contributed by atoms with E-state index in [1.165, 1.54) is 25.0 Å². The number of aromatic nitrogens is 3. The Hall–Kier alpha value is -4.02. The molecular formula is C27H30FN7O2. The third-order valence-corrected chi connectivity index (χ3v) is 6.53. The second kappa shape index (κ2) is 10.5. The summed E-state index contributed by atoms with van der Waals surface area (Å²) in [7, 11) is 3.65. The van der Waals surface area contributed by atoms with E-state index >= 15 is 4.39 Å². The average molecular weight is 504 g/mol. The number of aromatic amines is 1. The van der Waals surface area contributed by atoms with Gasteiger partial charge in [0.05, 0.1) is 0 Å². The Bertz CT molecular complexity index is 1410. The van der Waals surface area contributed by atoms with E-state index < -0.39 is 11.7 Å². The summed E-state index contributed by atoms with van der Waals surface area (Å²) in [6.45, 7) is 6.98. The molecule has 37 heavy (non-hydrogen) atoms. The molecule has 10 heteroatoms. The first-order chi connectivity index (χ1) is 17.9. The Kier molecular flexibility index (Phi) is 7.02. The maximum absolute atomic E-state index is 15.1. The second-order valence-corrected chi connectivity index (χ2v) is 9.28. The van der Waals surface area contributed by atoms with Gasteiger partial charge in [0.15, 0.2) is 17.4 Å². The highest BCUT2D eigenvalue weighted by molar-refractivity contribution is 6.01. The van der Waals surface area contributed by atoms with Crippen molar-refractivity contribution in [1.82, 2.24) is 30.1 Å². The number of hydrogen-bond acceptors (Lipinski definition) is 7. The molecule has 0 radical (unpaired) electrons. The number of fused-ring (bicyclic) bond motifs is 1. The number of H-pyrrole nitrogens is 1. The molecule has 0 bridgehead atoms. The number of benzene rings is 2. The van der Waals surface area contributed by atoms with Crippen molar-refractivity contribution in [2.45, 2.75) is 13.5 Å². The van der Waals surface area contributed by atoms with E-state index in [4.69, 9.17) is 4.74 Å². The summed E-state index contributed by atoms with van der Waals surface area (Å²) in [5.41, 5.74) is 3.54. The van der Waals surface area contributed by atoms with Crippen LogP contribution in [-0.4, -0.2) is 70.9 Å². The third-order valence-electron chi connectivity index (χ3n) is 6.53. The Morgan fingerprint density at radius 2 is 1.86 bits per heavy atom. The van der Waals surface area contributed by atoms with Gasteiger partial charge in [-0.15, -0.1) is 0 Å². The molecule has 9 nitrogen and oxygen atoms in total. The number of carbonyl (C=O) groups is 1. The van der Waals surface area contributed by atoms with E-state index in [0.717, 1.165) is 44.1 Å². The van der Waals surface area contributed by atoms with E-state index in [-0.39, 0.29) is 23.0 Å². The Morgan fingerprint density at radius 1 is 1.11 bits per heavy atom. The average Bonchev–Trinajstić information content (AvgIpc) is 3.29. The van der Waals surface area contributed by atoms with Crippen LogP contribution in [0.1, 0.15) is 21.6 Å². The summed E-state index contributed by atoms with van der Waals surface area (Å²) < 4.78 is 21.0. The molecule has 2 aromatic heterocycles. The zero-order valence-corrected chi connectivity index (χ0v) is 21.1. The number of anilines is 2. The van der Waals surface area contributed by atoms with Crippen molar-refractivity contribution in [3.63, 3.8) is 0 Å². The number of halogens is 1. The second-order valence-electron chi connectivity index (χ2n) is 9.28. The monoisotopic (exact) mass is 503 g/mol. The van der Waals surface area contributed by atoms with Gasteiger partial charge in [-0.3, -0.25) is 9.69 Å². The van der Waals surface area contributed by atoms with Crippen molar-refractivity contribution in [3.05, 3.63) is 71.4 Å². The van der Waals surface area contributed by atoms with Crippen molar-refractivity contribution >= 4 is 28.3 Å². The first-order valence-electron chi connectivity index (χ1n) is 12.2. The van der Waals surface area contributed by atoms with Gasteiger partial charge in [0.1, 0.15) is 11.9 Å². The topological polar surface area (TPSA) is 98.4 Å². The van der Waals surface area contributed by atoms with E-state index in [0.29, 0.717) is 10.9 Å². The van der Waals surface area contributed by atoms with Crippen LogP contribution in [-0.2, 0) is 6.54 Å². The lowest BCUT2D eigenvalue weighted by Crippen LogP contribution is -2.43. The van der Waals surface area contributed by atoms with Gasteiger partial charge in [-0.25, -0.2) is 14.4 Å². The Morgan fingerprint density at radius 3 is 2.59 bits per heavy atom. The van der Waals surface area contributed by atoms with Gasteiger partial charge in [0.2, 0.25) is 5.88 Å². The molecule has 192 valence electrons. The van der Waals surface area contributed by atoms with Gasteiger partial charge in [-0.1, -0.05) is 12.1 Å². The van der Waals surface area contributed by atoms with Crippen molar-refractivity contribution in [2.24, 2.45) is 0 Å². The molecule has 0 spiro atoms. The van der Waals surface area contributed by atoms with Crippen LogP contribution in [0.15, 0.2) is 48.8 Å². The summed E-state index contributed by atoms with van der Waals surface area (Å²) >= 11 is 0. The van der Waals surface area contributed by atoms with E-state index in [2.05, 4.69) is 54.6 Å². The zero-order valence-electron chi connectivity index (χ0n) is 21.1. The van der Waals surface area contributed by atoms with Crippen molar-refractivity contribution in [2.75, 3.05) is 45.6 Å². The standard InChI is InChI=1S/C27H30FN7O2/c1-17-14-20-21(32-17)8-9-22(24(20)28)37-27-23(26(36)29-2)25(30-16-31-27)33-19-6-4-18(5-7-19)15-35-12-10-34(3)11-13-35/h4-9,14,16,32H,10-13,15H2,1-3H3,(H,29,36)(H,30,31,33). The molecule has 2 aromatic carbocycles. The van der Waals surface area contributed by atoms with Crippen molar-refractivity contribution < 1.29 is 13.9 Å². The van der Waals surface area contributed by atoms with Gasteiger partial charge in [0, 0.05) is 62.1 Å². The van der Waals surface area contributed by atoms with E-state index in [1.807, 2.05) is 19.1 Å². The zero-order chi connectivity index (χ0) is 25.9. The fourth-order valence-electron chi connectivity index (χ4n) is 4.44. The summed E-state index contributed by atoms with van der Waals surface area (Å²) in [4.78, 5) is 29.1. The number of amides is 1. The van der Waals surface area contributed by atoms with Crippen LogP contribution in [0, 0.1) is 12.7 Å². The molecule has 1 aliphatic rings. The number of piperazine rings is 1. The number of likely N-dealkylation sites (N-methyl/N-ethyl adjacent to an activating group) is 1. The summed E-state index contributed by atoms with van der Waals surface area (Å²) in [5.74, 6) is -0.809. The molecular weight excluding hydrogens is 473 g/mol. The minimum absolute atomic E-state index is 0.0328. The maximum Gasteiger partial charge on any atom is 0.260 e. The van der Waals surface area contributed by atoms with Crippen LogP contribution in [0.4, 0.5) is 15.9 Å². The van der Waals surface area contributed by atoms with Gasteiger partial charge >= 0.3 is 0 Å². The number of ether oxygens (including phenoxy) is 1. The lowest BCUT2D eigenvalue weighted by molar-refractivity contribution is 0.0960. The predicted octanol–water partition coefficient (Wildman–Crippen LogP) is 4.05. The normalized spacial score (nSPS) is 14.6. The lowest BCUT2D eigenvalue weighted by Gasteiger charge is -2.32. The Balaban J connectivity index is 1.37. The summed E-state index contributed by atoms with van der Waals surface area (Å²) in [5, 5.41) is 6.18.